The van der Waals surface area contributed by atoms with Gasteiger partial charge in [0.25, 0.3) is 0 Å². The van der Waals surface area contributed by atoms with Crippen LogP contribution in [0.1, 0.15) is 53.4 Å². The van der Waals surface area contributed by atoms with Crippen molar-refractivity contribution in [3.63, 3.8) is 0 Å². The molecule has 0 aromatic heterocycles. The minimum atomic E-state index is -0.558. The van der Waals surface area contributed by atoms with Crippen LogP contribution in [0.15, 0.2) is 0 Å². The molecule has 0 aliphatic heterocycles. The van der Waals surface area contributed by atoms with Gasteiger partial charge in [-0.1, -0.05) is 6.92 Å². The number of carbonyl (C=O) groups is 2. The van der Waals surface area contributed by atoms with Crippen molar-refractivity contribution in [2.45, 2.75) is 58.9 Å². The fraction of sp³-hybridized carbons (Fsp3) is 0.867. The van der Waals surface area contributed by atoms with Crippen LogP contribution >= 0.6 is 0 Å². The topological polar surface area (TPSA) is 72.2 Å². The van der Waals surface area contributed by atoms with Gasteiger partial charge < -0.3 is 11.1 Å². The third kappa shape index (κ3) is 3.10. The third-order valence-corrected chi connectivity index (χ3v) is 4.58. The minimum Gasteiger partial charge on any atom is -0.369 e. The standard InChI is InChI=1S/C15H26N2O2/c1-9-7-10(9)8-11(12(18)17-14(2,3)4)15(5-6-15)13(16)19/h9-11H,5-8H2,1-4H3,(H2,16,19)(H,17,18)/t9?,10?,11-/m0/s1. The summed E-state index contributed by atoms with van der Waals surface area (Å²) in [6.45, 7) is 8.09. The quantitative estimate of drug-likeness (QED) is 0.797. The zero-order chi connectivity index (χ0) is 14.4. The predicted molar refractivity (Wildman–Crippen MR) is 74.1 cm³/mol. The van der Waals surface area contributed by atoms with Gasteiger partial charge in [-0.15, -0.1) is 0 Å². The highest BCUT2D eigenvalue weighted by Gasteiger charge is 2.58. The molecule has 4 heteroatoms. The number of amides is 2. The van der Waals surface area contributed by atoms with Crippen LogP contribution in [0.4, 0.5) is 0 Å². The Morgan fingerprint density at radius 2 is 1.89 bits per heavy atom. The molecule has 2 rings (SSSR count). The Hall–Kier alpha value is -1.06. The van der Waals surface area contributed by atoms with E-state index in [2.05, 4.69) is 12.2 Å². The maximum Gasteiger partial charge on any atom is 0.224 e. The summed E-state index contributed by atoms with van der Waals surface area (Å²) in [6, 6.07) is 0. The molecule has 2 unspecified atom stereocenters. The summed E-state index contributed by atoms with van der Waals surface area (Å²) in [7, 11) is 0. The molecule has 0 aromatic rings. The van der Waals surface area contributed by atoms with Crippen molar-refractivity contribution in [3.05, 3.63) is 0 Å². The van der Waals surface area contributed by atoms with Crippen molar-refractivity contribution in [2.75, 3.05) is 0 Å². The average molecular weight is 266 g/mol. The molecule has 2 saturated carbocycles. The molecular formula is C15H26N2O2. The van der Waals surface area contributed by atoms with Gasteiger partial charge in [0.15, 0.2) is 0 Å². The van der Waals surface area contributed by atoms with Crippen molar-refractivity contribution in [3.8, 4) is 0 Å². The van der Waals surface area contributed by atoms with Gasteiger partial charge in [0, 0.05) is 5.54 Å². The second-order valence-electron chi connectivity index (χ2n) is 7.52. The van der Waals surface area contributed by atoms with E-state index in [1.54, 1.807) is 0 Å². The number of rotatable bonds is 5. The normalized spacial score (nSPS) is 29.5. The molecule has 108 valence electrons. The first-order chi connectivity index (χ1) is 8.66. The number of carbonyl (C=O) groups excluding carboxylic acids is 2. The molecule has 2 aliphatic rings. The van der Waals surface area contributed by atoms with Gasteiger partial charge in [0.1, 0.15) is 0 Å². The van der Waals surface area contributed by atoms with Gasteiger partial charge in [-0.25, -0.2) is 0 Å². The Bertz CT molecular complexity index is 393. The smallest absolute Gasteiger partial charge is 0.224 e. The van der Waals surface area contributed by atoms with Crippen LogP contribution in [0.3, 0.4) is 0 Å². The number of hydrogen-bond donors (Lipinski definition) is 2. The maximum atomic E-state index is 12.5. The average Bonchev–Trinajstić information content (AvgIpc) is 3.09. The second kappa shape index (κ2) is 4.50. The van der Waals surface area contributed by atoms with Gasteiger partial charge in [0.05, 0.1) is 11.3 Å². The van der Waals surface area contributed by atoms with E-state index in [1.807, 2.05) is 20.8 Å². The van der Waals surface area contributed by atoms with Crippen LogP contribution in [0.5, 0.6) is 0 Å². The Morgan fingerprint density at radius 1 is 1.37 bits per heavy atom. The highest BCUT2D eigenvalue weighted by Crippen LogP contribution is 2.56. The Morgan fingerprint density at radius 3 is 2.21 bits per heavy atom. The lowest BCUT2D eigenvalue weighted by Crippen LogP contribution is -2.48. The lowest BCUT2D eigenvalue weighted by molar-refractivity contribution is -0.136. The van der Waals surface area contributed by atoms with Gasteiger partial charge in [-0.2, -0.15) is 0 Å². The maximum absolute atomic E-state index is 12.5. The summed E-state index contributed by atoms with van der Waals surface area (Å²) < 4.78 is 0. The van der Waals surface area contributed by atoms with Gasteiger partial charge in [-0.3, -0.25) is 9.59 Å². The van der Waals surface area contributed by atoms with E-state index >= 15 is 0 Å². The summed E-state index contributed by atoms with van der Waals surface area (Å²) in [5.74, 6) is 0.748. The molecule has 2 fully saturated rings. The predicted octanol–water partition coefficient (Wildman–Crippen LogP) is 1.83. The summed E-state index contributed by atoms with van der Waals surface area (Å²) in [5, 5.41) is 3.02. The summed E-state index contributed by atoms with van der Waals surface area (Å²) in [6.07, 6.45) is 3.53. The molecule has 19 heavy (non-hydrogen) atoms. The Kier molecular flexibility index (Phi) is 3.40. The summed E-state index contributed by atoms with van der Waals surface area (Å²) in [4.78, 5) is 24.2. The molecule has 3 atom stereocenters. The highest BCUT2D eigenvalue weighted by molar-refractivity contribution is 5.92. The first kappa shape index (κ1) is 14.4. The molecule has 0 radical (unpaired) electrons. The number of nitrogens with two attached hydrogens (primary N) is 1. The van der Waals surface area contributed by atoms with Crippen molar-refractivity contribution in [1.82, 2.24) is 5.32 Å². The van der Waals surface area contributed by atoms with E-state index in [0.29, 0.717) is 11.8 Å². The first-order valence-corrected chi connectivity index (χ1v) is 7.28. The van der Waals surface area contributed by atoms with Crippen LogP contribution < -0.4 is 11.1 Å². The summed E-state index contributed by atoms with van der Waals surface area (Å²) >= 11 is 0. The lowest BCUT2D eigenvalue weighted by atomic mass is 9.82. The van der Waals surface area contributed by atoms with Gasteiger partial charge >= 0.3 is 0 Å². The number of primary amides is 1. The molecule has 0 aromatic carbocycles. The van der Waals surface area contributed by atoms with Gasteiger partial charge in [0.2, 0.25) is 11.8 Å². The van der Waals surface area contributed by atoms with Crippen molar-refractivity contribution in [1.29, 1.82) is 0 Å². The molecule has 0 bridgehead atoms. The Labute approximate surface area is 115 Å². The molecule has 2 amide bonds. The molecular weight excluding hydrogens is 240 g/mol. The molecule has 0 heterocycles. The van der Waals surface area contributed by atoms with Crippen LogP contribution in [0.2, 0.25) is 0 Å². The van der Waals surface area contributed by atoms with Gasteiger partial charge in [-0.05, 0) is 58.3 Å². The van der Waals surface area contributed by atoms with E-state index in [9.17, 15) is 9.59 Å². The number of nitrogens with one attached hydrogen (secondary N) is 1. The van der Waals surface area contributed by atoms with E-state index in [-0.39, 0.29) is 23.3 Å². The third-order valence-electron chi connectivity index (χ3n) is 4.58. The number of hydrogen-bond acceptors (Lipinski definition) is 2. The molecule has 2 aliphatic carbocycles. The molecule has 3 N–H and O–H groups in total. The molecule has 4 nitrogen and oxygen atoms in total. The van der Waals surface area contributed by atoms with Crippen LogP contribution in [0, 0.1) is 23.2 Å². The first-order valence-electron chi connectivity index (χ1n) is 7.28. The van der Waals surface area contributed by atoms with Crippen LogP contribution in [0.25, 0.3) is 0 Å². The van der Waals surface area contributed by atoms with Crippen molar-refractivity contribution in [2.24, 2.45) is 28.9 Å². The zero-order valence-electron chi connectivity index (χ0n) is 12.5. The van der Waals surface area contributed by atoms with E-state index in [1.165, 1.54) is 6.42 Å². The fourth-order valence-electron chi connectivity index (χ4n) is 2.97. The second-order valence-corrected chi connectivity index (χ2v) is 7.52. The zero-order valence-corrected chi connectivity index (χ0v) is 12.5. The summed E-state index contributed by atoms with van der Waals surface area (Å²) in [5.41, 5.74) is 4.72. The SMILES string of the molecule is CC1CC1C[C@@H](C(=O)NC(C)(C)C)C1(C(N)=O)CC1. The van der Waals surface area contributed by atoms with Crippen LogP contribution in [-0.4, -0.2) is 17.4 Å². The van der Waals surface area contributed by atoms with Crippen molar-refractivity contribution < 1.29 is 9.59 Å². The minimum absolute atomic E-state index is 0.00269. The van der Waals surface area contributed by atoms with E-state index in [4.69, 9.17) is 5.73 Å². The Balaban J connectivity index is 2.10. The van der Waals surface area contributed by atoms with Crippen molar-refractivity contribution >= 4 is 11.8 Å². The fourth-order valence-corrected chi connectivity index (χ4v) is 2.97. The molecule has 0 saturated heterocycles. The monoisotopic (exact) mass is 266 g/mol. The van der Waals surface area contributed by atoms with E-state index in [0.717, 1.165) is 19.3 Å². The van der Waals surface area contributed by atoms with Crippen LogP contribution in [-0.2, 0) is 9.59 Å². The molecule has 0 spiro atoms. The highest BCUT2D eigenvalue weighted by atomic mass is 16.2. The lowest BCUT2D eigenvalue weighted by Gasteiger charge is -2.28. The van der Waals surface area contributed by atoms with E-state index < -0.39 is 5.41 Å². The largest absolute Gasteiger partial charge is 0.369 e.